The van der Waals surface area contributed by atoms with Crippen molar-refractivity contribution >= 4 is 5.91 Å². The zero-order valence-electron chi connectivity index (χ0n) is 12.6. The average molecular weight is 257 g/mol. The summed E-state index contributed by atoms with van der Waals surface area (Å²) >= 11 is 0. The standard InChI is InChI=1S/C14H31N3O/c1-5-10-17(11-6-2)12-8-7-9-14(3,16-4)13(15)18/h16H,5-12H2,1-4H3,(H2,15,18). The van der Waals surface area contributed by atoms with E-state index in [9.17, 15) is 4.79 Å². The first-order valence-electron chi connectivity index (χ1n) is 7.21. The highest BCUT2D eigenvalue weighted by Gasteiger charge is 2.27. The van der Waals surface area contributed by atoms with E-state index in [0.29, 0.717) is 0 Å². The lowest BCUT2D eigenvalue weighted by molar-refractivity contribution is -0.123. The first kappa shape index (κ1) is 17.4. The van der Waals surface area contributed by atoms with Crippen LogP contribution < -0.4 is 11.1 Å². The van der Waals surface area contributed by atoms with E-state index in [-0.39, 0.29) is 5.91 Å². The van der Waals surface area contributed by atoms with Crippen molar-refractivity contribution in [1.82, 2.24) is 10.2 Å². The molecule has 0 fully saturated rings. The topological polar surface area (TPSA) is 58.4 Å². The van der Waals surface area contributed by atoms with Gasteiger partial charge >= 0.3 is 0 Å². The Hall–Kier alpha value is -0.610. The molecule has 4 nitrogen and oxygen atoms in total. The van der Waals surface area contributed by atoms with E-state index in [0.717, 1.165) is 25.8 Å². The summed E-state index contributed by atoms with van der Waals surface area (Å²) in [5.41, 5.74) is 4.85. The fraction of sp³-hybridized carbons (Fsp3) is 0.929. The van der Waals surface area contributed by atoms with Gasteiger partial charge in [0.1, 0.15) is 0 Å². The lowest BCUT2D eigenvalue weighted by Crippen LogP contribution is -2.51. The number of hydrogen-bond acceptors (Lipinski definition) is 3. The first-order valence-corrected chi connectivity index (χ1v) is 7.21. The van der Waals surface area contributed by atoms with E-state index in [1.165, 1.54) is 25.9 Å². The summed E-state index contributed by atoms with van der Waals surface area (Å²) in [4.78, 5) is 13.8. The Balaban J connectivity index is 3.92. The van der Waals surface area contributed by atoms with Gasteiger partial charge in [-0.05, 0) is 65.7 Å². The average Bonchev–Trinajstić information content (AvgIpc) is 2.34. The largest absolute Gasteiger partial charge is 0.368 e. The van der Waals surface area contributed by atoms with Gasteiger partial charge in [0, 0.05) is 0 Å². The third-order valence-electron chi connectivity index (χ3n) is 3.58. The van der Waals surface area contributed by atoms with Gasteiger partial charge in [-0.25, -0.2) is 0 Å². The second-order valence-electron chi connectivity index (χ2n) is 5.25. The highest BCUT2D eigenvalue weighted by atomic mass is 16.1. The normalized spacial score (nSPS) is 14.7. The molecule has 0 aliphatic rings. The summed E-state index contributed by atoms with van der Waals surface area (Å²) in [6, 6.07) is 0. The Morgan fingerprint density at radius 2 is 1.72 bits per heavy atom. The SMILES string of the molecule is CCCN(CCC)CCCCC(C)(NC)C(N)=O. The van der Waals surface area contributed by atoms with Crippen LogP contribution in [0.25, 0.3) is 0 Å². The van der Waals surface area contributed by atoms with E-state index in [1.807, 2.05) is 6.92 Å². The van der Waals surface area contributed by atoms with Crippen molar-refractivity contribution in [3.63, 3.8) is 0 Å². The molecule has 0 heterocycles. The quantitative estimate of drug-likeness (QED) is 0.554. The van der Waals surface area contributed by atoms with Crippen molar-refractivity contribution in [2.24, 2.45) is 5.73 Å². The third-order valence-corrected chi connectivity index (χ3v) is 3.58. The van der Waals surface area contributed by atoms with Gasteiger partial charge in [-0.15, -0.1) is 0 Å². The van der Waals surface area contributed by atoms with Crippen LogP contribution in [-0.2, 0) is 4.79 Å². The van der Waals surface area contributed by atoms with Gasteiger partial charge < -0.3 is 16.0 Å². The number of carbonyl (C=O) groups is 1. The maximum atomic E-state index is 11.3. The van der Waals surface area contributed by atoms with Crippen molar-refractivity contribution in [3.05, 3.63) is 0 Å². The van der Waals surface area contributed by atoms with E-state index in [4.69, 9.17) is 5.73 Å². The molecule has 1 unspecified atom stereocenters. The maximum Gasteiger partial charge on any atom is 0.237 e. The number of rotatable bonds is 11. The molecule has 108 valence electrons. The summed E-state index contributed by atoms with van der Waals surface area (Å²) in [5, 5.41) is 3.03. The predicted molar refractivity (Wildman–Crippen MR) is 77.5 cm³/mol. The van der Waals surface area contributed by atoms with E-state index < -0.39 is 5.54 Å². The van der Waals surface area contributed by atoms with Gasteiger partial charge in [0.2, 0.25) is 5.91 Å². The fourth-order valence-electron chi connectivity index (χ4n) is 2.15. The number of primary amides is 1. The number of unbranched alkanes of at least 4 members (excludes halogenated alkanes) is 1. The van der Waals surface area contributed by atoms with Crippen molar-refractivity contribution in [2.75, 3.05) is 26.7 Å². The molecule has 18 heavy (non-hydrogen) atoms. The molecule has 0 aliphatic carbocycles. The zero-order valence-corrected chi connectivity index (χ0v) is 12.6. The van der Waals surface area contributed by atoms with Gasteiger partial charge in [-0.1, -0.05) is 13.8 Å². The van der Waals surface area contributed by atoms with Gasteiger partial charge in [0.25, 0.3) is 0 Å². The summed E-state index contributed by atoms with van der Waals surface area (Å²) in [6.45, 7) is 9.78. The molecule has 3 N–H and O–H groups in total. The highest BCUT2D eigenvalue weighted by Crippen LogP contribution is 2.13. The minimum absolute atomic E-state index is 0.260. The van der Waals surface area contributed by atoms with Crippen LogP contribution in [0.5, 0.6) is 0 Å². The van der Waals surface area contributed by atoms with Crippen molar-refractivity contribution in [2.45, 2.75) is 58.4 Å². The van der Waals surface area contributed by atoms with Crippen molar-refractivity contribution in [1.29, 1.82) is 0 Å². The highest BCUT2D eigenvalue weighted by molar-refractivity contribution is 5.84. The lowest BCUT2D eigenvalue weighted by Gasteiger charge is -2.26. The maximum absolute atomic E-state index is 11.3. The predicted octanol–water partition coefficient (Wildman–Crippen LogP) is 1.74. The van der Waals surface area contributed by atoms with Crippen LogP contribution in [0.3, 0.4) is 0 Å². The second kappa shape index (κ2) is 9.34. The van der Waals surface area contributed by atoms with E-state index >= 15 is 0 Å². The minimum atomic E-state index is -0.555. The van der Waals surface area contributed by atoms with Crippen LogP contribution in [0.1, 0.15) is 52.9 Å². The number of nitrogens with zero attached hydrogens (tertiary/aromatic N) is 1. The molecule has 0 saturated carbocycles. The molecule has 0 rings (SSSR count). The Morgan fingerprint density at radius 1 is 1.17 bits per heavy atom. The van der Waals surface area contributed by atoms with Gasteiger partial charge in [-0.3, -0.25) is 4.79 Å². The number of nitrogens with one attached hydrogen (secondary N) is 1. The smallest absolute Gasteiger partial charge is 0.237 e. The van der Waals surface area contributed by atoms with Crippen LogP contribution in [0.4, 0.5) is 0 Å². The summed E-state index contributed by atoms with van der Waals surface area (Å²) in [5.74, 6) is -0.260. The van der Waals surface area contributed by atoms with Crippen LogP contribution in [0.15, 0.2) is 0 Å². The minimum Gasteiger partial charge on any atom is -0.368 e. The molecule has 0 aromatic carbocycles. The van der Waals surface area contributed by atoms with Gasteiger partial charge in [0.05, 0.1) is 5.54 Å². The second-order valence-corrected chi connectivity index (χ2v) is 5.25. The van der Waals surface area contributed by atoms with E-state index in [2.05, 4.69) is 24.1 Å². The number of hydrogen-bond donors (Lipinski definition) is 2. The third kappa shape index (κ3) is 6.36. The van der Waals surface area contributed by atoms with Crippen molar-refractivity contribution in [3.8, 4) is 0 Å². The Kier molecular flexibility index (Phi) is 9.02. The van der Waals surface area contributed by atoms with Gasteiger partial charge in [-0.2, -0.15) is 0 Å². The molecule has 0 aliphatic heterocycles. The Labute approximate surface area is 112 Å². The Morgan fingerprint density at radius 3 is 2.11 bits per heavy atom. The summed E-state index contributed by atoms with van der Waals surface area (Å²) < 4.78 is 0. The molecule has 0 radical (unpaired) electrons. The molecule has 1 atom stereocenters. The summed E-state index contributed by atoms with van der Waals surface area (Å²) in [6.07, 6.45) is 5.38. The fourth-order valence-corrected chi connectivity index (χ4v) is 2.15. The molecule has 0 aromatic rings. The molecule has 0 aromatic heterocycles. The molecular weight excluding hydrogens is 226 g/mol. The van der Waals surface area contributed by atoms with Crippen LogP contribution >= 0.6 is 0 Å². The molecule has 0 bridgehead atoms. The van der Waals surface area contributed by atoms with Crippen molar-refractivity contribution < 1.29 is 4.79 Å². The lowest BCUT2D eigenvalue weighted by atomic mass is 9.94. The van der Waals surface area contributed by atoms with Crippen LogP contribution in [-0.4, -0.2) is 43.0 Å². The monoisotopic (exact) mass is 257 g/mol. The molecular formula is C14H31N3O. The summed E-state index contributed by atoms with van der Waals surface area (Å²) in [7, 11) is 1.80. The van der Waals surface area contributed by atoms with E-state index in [1.54, 1.807) is 7.05 Å². The zero-order chi connectivity index (χ0) is 14.0. The molecule has 4 heteroatoms. The Bertz CT molecular complexity index is 227. The number of amides is 1. The molecule has 0 saturated heterocycles. The molecule has 1 amide bonds. The first-order chi connectivity index (χ1) is 8.50. The van der Waals surface area contributed by atoms with Crippen LogP contribution in [0.2, 0.25) is 0 Å². The number of carbonyl (C=O) groups excluding carboxylic acids is 1. The number of nitrogens with two attached hydrogens (primary N) is 1. The van der Waals surface area contributed by atoms with Crippen LogP contribution in [0, 0.1) is 0 Å². The van der Waals surface area contributed by atoms with Gasteiger partial charge in [0.15, 0.2) is 0 Å². The molecule has 0 spiro atoms. The number of likely N-dealkylation sites (N-methyl/N-ethyl adjacent to an activating group) is 1.